The molecule has 2 aliphatic carbocycles. The van der Waals surface area contributed by atoms with Gasteiger partial charge in [-0.25, -0.2) is 14.8 Å². The Bertz CT molecular complexity index is 2150. The lowest BCUT2D eigenvalue weighted by atomic mass is 10.0. The van der Waals surface area contributed by atoms with Crippen molar-refractivity contribution < 1.29 is 19.1 Å². The van der Waals surface area contributed by atoms with E-state index in [1.165, 1.54) is 7.11 Å². The number of ether oxygens (including phenoxy) is 1. The van der Waals surface area contributed by atoms with Gasteiger partial charge in [0.25, 0.3) is 0 Å². The van der Waals surface area contributed by atoms with E-state index < -0.39 is 18.2 Å². The first-order valence-corrected chi connectivity index (χ1v) is 19.2. The third-order valence-electron chi connectivity index (χ3n) is 12.2. The molecule has 4 heterocycles. The van der Waals surface area contributed by atoms with E-state index in [4.69, 9.17) is 20.4 Å². The minimum atomic E-state index is -0.685. The van der Waals surface area contributed by atoms with Crippen molar-refractivity contribution in [1.82, 2.24) is 35.1 Å². The third-order valence-corrected chi connectivity index (χ3v) is 12.2. The number of likely N-dealkylation sites (tertiary alicyclic amines) is 2. The summed E-state index contributed by atoms with van der Waals surface area (Å²) in [4.78, 5) is 59.8. The van der Waals surface area contributed by atoms with E-state index in [0.717, 1.165) is 90.1 Å². The molecular formula is C42H50N8O4. The highest BCUT2D eigenvalue weighted by atomic mass is 16.5. The number of benzene rings is 2. The number of aromatic nitrogens is 4. The summed E-state index contributed by atoms with van der Waals surface area (Å²) in [6.07, 6.45) is 7.47. The maximum Gasteiger partial charge on any atom is 0.407 e. The molecule has 0 radical (unpaired) electrons. The summed E-state index contributed by atoms with van der Waals surface area (Å²) in [5.41, 5.74) is 11.9. The molecule has 0 unspecified atom stereocenters. The topological polar surface area (TPSA) is 162 Å². The molecule has 0 bridgehead atoms. The van der Waals surface area contributed by atoms with Crippen LogP contribution in [0.5, 0.6) is 0 Å². The van der Waals surface area contributed by atoms with Crippen LogP contribution < -0.4 is 11.1 Å². The van der Waals surface area contributed by atoms with Crippen molar-refractivity contribution >= 4 is 28.9 Å². The van der Waals surface area contributed by atoms with Crippen molar-refractivity contribution in [3.63, 3.8) is 0 Å². The maximum absolute atomic E-state index is 13.9. The second-order valence-electron chi connectivity index (χ2n) is 16.9. The summed E-state index contributed by atoms with van der Waals surface area (Å²) >= 11 is 0. The molecule has 4 aromatic rings. The molecule has 3 amide bonds. The molecule has 4 fully saturated rings. The van der Waals surface area contributed by atoms with Crippen LogP contribution in [-0.4, -0.2) is 79.9 Å². The smallest absolute Gasteiger partial charge is 0.407 e. The van der Waals surface area contributed by atoms with Gasteiger partial charge in [0, 0.05) is 24.2 Å². The van der Waals surface area contributed by atoms with Gasteiger partial charge >= 0.3 is 6.09 Å². The molecule has 2 aromatic heterocycles. The Morgan fingerprint density at radius 1 is 0.852 bits per heavy atom. The number of rotatable bonds is 8. The Kier molecular flexibility index (Phi) is 9.04. The summed E-state index contributed by atoms with van der Waals surface area (Å²) in [5, 5.41) is 2.74. The number of methoxy groups -OCH3 is 1. The highest BCUT2D eigenvalue weighted by molar-refractivity contribution is 5.87. The Morgan fingerprint density at radius 3 is 2.07 bits per heavy atom. The summed E-state index contributed by atoms with van der Waals surface area (Å²) < 4.78 is 4.81. The highest BCUT2D eigenvalue weighted by Crippen LogP contribution is 2.59. The number of nitrogens with zero attached hydrogens (tertiary/aromatic N) is 4. The van der Waals surface area contributed by atoms with E-state index >= 15 is 0 Å². The average Bonchev–Trinajstić information content (AvgIpc) is 3.78. The number of carbonyl (C=O) groups is 3. The van der Waals surface area contributed by atoms with Crippen LogP contribution in [0.3, 0.4) is 0 Å². The van der Waals surface area contributed by atoms with Gasteiger partial charge < -0.3 is 35.6 Å². The largest absolute Gasteiger partial charge is 0.453 e. The van der Waals surface area contributed by atoms with Crippen LogP contribution in [0, 0.1) is 34.5 Å². The molecule has 2 saturated heterocycles. The zero-order valence-electron chi connectivity index (χ0n) is 31.7. The van der Waals surface area contributed by atoms with E-state index in [9.17, 15) is 14.4 Å². The van der Waals surface area contributed by atoms with Gasteiger partial charge in [0.2, 0.25) is 11.8 Å². The number of nitrogens with two attached hydrogens (primary N) is 1. The standard InChI is InChI=1S/C42H50N8O4/c1-24(2)34(43)38(51)49-22-41(14-15-41)19-32(49)36-44-21-31(47-36)28-11-8-26(9-12-28)6-7-27-10-13-29-30(18-27)46-37(45-29)33-20-42(16-17-42)23-50(33)39(52)35(25(3)4)48-40(53)54-5/h8-13,18,21,24-25,32-35H,14-17,19-20,22-23,43H2,1-5H3,(H,44,47)(H,45,46)(H,48,53)/t32-,33-,34-,35-/m0/s1. The van der Waals surface area contributed by atoms with E-state index in [1.54, 1.807) is 0 Å². The first-order valence-electron chi connectivity index (χ1n) is 19.2. The fourth-order valence-electron chi connectivity index (χ4n) is 8.29. The lowest BCUT2D eigenvalue weighted by Gasteiger charge is -2.30. The van der Waals surface area contributed by atoms with Gasteiger partial charge in [0.15, 0.2) is 0 Å². The molecule has 2 saturated carbocycles. The minimum Gasteiger partial charge on any atom is -0.453 e. The third kappa shape index (κ3) is 6.86. The molecule has 12 heteroatoms. The normalized spacial score (nSPS) is 21.8. The zero-order chi connectivity index (χ0) is 37.9. The minimum absolute atomic E-state index is 0.0110. The van der Waals surface area contributed by atoms with Gasteiger partial charge in [-0.05, 0) is 97.1 Å². The molecular weight excluding hydrogens is 681 g/mol. The number of imidazole rings is 2. The Balaban J connectivity index is 0.963. The Hall–Kier alpha value is -5.15. The molecule has 54 heavy (non-hydrogen) atoms. The monoisotopic (exact) mass is 730 g/mol. The first kappa shape index (κ1) is 35.9. The van der Waals surface area contributed by atoms with Crippen molar-refractivity contribution in [2.75, 3.05) is 20.2 Å². The van der Waals surface area contributed by atoms with Crippen molar-refractivity contribution in [3.8, 4) is 23.1 Å². The van der Waals surface area contributed by atoms with Crippen LogP contribution in [0.1, 0.15) is 101 Å². The van der Waals surface area contributed by atoms with Gasteiger partial charge in [0.1, 0.15) is 17.7 Å². The summed E-state index contributed by atoms with van der Waals surface area (Å²) in [6, 6.07) is 12.5. The van der Waals surface area contributed by atoms with Crippen LogP contribution in [0.4, 0.5) is 4.79 Å². The zero-order valence-corrected chi connectivity index (χ0v) is 31.7. The Labute approximate surface area is 316 Å². The number of aromatic amines is 2. The van der Waals surface area contributed by atoms with E-state index in [0.29, 0.717) is 6.54 Å². The van der Waals surface area contributed by atoms with E-state index in [2.05, 4.69) is 27.1 Å². The quantitative estimate of drug-likeness (QED) is 0.166. The Morgan fingerprint density at radius 2 is 1.46 bits per heavy atom. The second-order valence-corrected chi connectivity index (χ2v) is 16.9. The number of hydrogen-bond donors (Lipinski definition) is 4. The first-order chi connectivity index (χ1) is 25.9. The fraction of sp³-hybridized carbons (Fsp3) is 0.500. The van der Waals surface area contributed by atoms with Gasteiger partial charge in [-0.1, -0.05) is 51.7 Å². The van der Waals surface area contributed by atoms with Crippen molar-refractivity contribution in [1.29, 1.82) is 0 Å². The van der Waals surface area contributed by atoms with Crippen molar-refractivity contribution in [2.24, 2.45) is 28.4 Å². The molecule has 282 valence electrons. The molecule has 12 nitrogen and oxygen atoms in total. The molecule has 8 rings (SSSR count). The van der Waals surface area contributed by atoms with Gasteiger partial charge in [-0.3, -0.25) is 9.59 Å². The van der Waals surface area contributed by atoms with Crippen molar-refractivity contribution in [3.05, 3.63) is 71.4 Å². The van der Waals surface area contributed by atoms with Crippen LogP contribution in [-0.2, 0) is 14.3 Å². The second kappa shape index (κ2) is 13.6. The SMILES string of the molecule is COC(=O)N[C@H](C(=O)N1CC2(CC2)C[C@H]1c1nc2ccc(C#Cc3ccc(-c4cnc([C@@H]5CC6(CC6)CN5C(=O)[C@@H](N)C(C)C)[nH]4)cc3)cc2[nH]1)C(C)C. The summed E-state index contributed by atoms with van der Waals surface area (Å²) in [5.74, 6) is 8.03. The predicted octanol–water partition coefficient (Wildman–Crippen LogP) is 5.82. The highest BCUT2D eigenvalue weighted by Gasteiger charge is 2.56. The number of nitrogens with one attached hydrogen (secondary N) is 3. The lowest BCUT2D eigenvalue weighted by molar-refractivity contribution is -0.136. The number of H-pyrrole nitrogens is 2. The van der Waals surface area contributed by atoms with E-state index in [-0.39, 0.29) is 46.6 Å². The van der Waals surface area contributed by atoms with Gasteiger partial charge in [-0.15, -0.1) is 0 Å². The van der Waals surface area contributed by atoms with E-state index in [1.807, 2.05) is 86.2 Å². The summed E-state index contributed by atoms with van der Waals surface area (Å²) in [6.45, 7) is 9.24. The molecule has 4 atom stereocenters. The lowest BCUT2D eigenvalue weighted by Crippen LogP contribution is -2.51. The van der Waals surface area contributed by atoms with Gasteiger partial charge in [-0.2, -0.15) is 0 Å². The van der Waals surface area contributed by atoms with Gasteiger partial charge in [0.05, 0.1) is 48.2 Å². The number of alkyl carbamates (subject to hydrolysis) is 1. The average molecular weight is 731 g/mol. The molecule has 2 aliphatic heterocycles. The molecule has 2 spiro atoms. The number of amides is 3. The van der Waals surface area contributed by atoms with Crippen LogP contribution >= 0.6 is 0 Å². The van der Waals surface area contributed by atoms with Crippen molar-refractivity contribution in [2.45, 2.75) is 90.4 Å². The van der Waals surface area contributed by atoms with Crippen LogP contribution in [0.25, 0.3) is 22.3 Å². The van der Waals surface area contributed by atoms with Crippen LogP contribution in [0.15, 0.2) is 48.7 Å². The van der Waals surface area contributed by atoms with Crippen LogP contribution in [0.2, 0.25) is 0 Å². The fourth-order valence-corrected chi connectivity index (χ4v) is 8.29. The number of carbonyl (C=O) groups excluding carboxylic acids is 3. The molecule has 5 N–H and O–H groups in total. The number of fused-ring (bicyclic) bond motifs is 1. The predicted molar refractivity (Wildman–Crippen MR) is 205 cm³/mol. The molecule has 2 aromatic carbocycles. The summed E-state index contributed by atoms with van der Waals surface area (Å²) in [7, 11) is 1.30. The molecule has 4 aliphatic rings. The maximum atomic E-state index is 13.9. The number of hydrogen-bond acceptors (Lipinski definition) is 7.